The molecule has 0 aromatic rings. The number of rotatable bonds is 2. The Kier molecular flexibility index (Phi) is 2.83. The van der Waals surface area contributed by atoms with Crippen molar-refractivity contribution in [2.75, 3.05) is 0 Å². The predicted octanol–water partition coefficient (Wildman–Crippen LogP) is 0.635. The van der Waals surface area contributed by atoms with E-state index in [0.29, 0.717) is 0 Å². The van der Waals surface area contributed by atoms with Gasteiger partial charge in [0.15, 0.2) is 0 Å². The first-order valence-electron chi connectivity index (χ1n) is 4.79. The van der Waals surface area contributed by atoms with Crippen molar-refractivity contribution in [2.24, 2.45) is 5.10 Å². The fourth-order valence-corrected chi connectivity index (χ4v) is 1.14. The number of hydrogen-bond acceptors (Lipinski definition) is 5. The van der Waals surface area contributed by atoms with Crippen LogP contribution in [0.25, 0.3) is 0 Å². The quantitative estimate of drug-likeness (QED) is 0.538. The van der Waals surface area contributed by atoms with E-state index < -0.39 is 17.1 Å². The van der Waals surface area contributed by atoms with Crippen molar-refractivity contribution >= 4 is 18.0 Å². The van der Waals surface area contributed by atoms with E-state index in [1.54, 1.807) is 27.7 Å². The number of carbonyl (C=O) groups excluding carboxylic acids is 2. The van der Waals surface area contributed by atoms with Crippen molar-refractivity contribution < 1.29 is 14.3 Å². The summed E-state index contributed by atoms with van der Waals surface area (Å²) < 4.78 is 5.13. The average Bonchev–Trinajstić information content (AvgIpc) is 2.46. The van der Waals surface area contributed by atoms with E-state index in [1.807, 2.05) is 0 Å². The number of hydrogen-bond donors (Lipinski definition) is 1. The lowest BCUT2D eigenvalue weighted by molar-refractivity contribution is -0.146. The second-order valence-electron chi connectivity index (χ2n) is 4.88. The minimum absolute atomic E-state index is 0.263. The normalized spacial score (nSPS) is 25.5. The molecule has 1 heterocycles. The van der Waals surface area contributed by atoms with Crippen LogP contribution in [0.15, 0.2) is 5.10 Å². The van der Waals surface area contributed by atoms with Gasteiger partial charge in [0.25, 0.3) is 0 Å². The van der Waals surface area contributed by atoms with Crippen molar-refractivity contribution in [3.63, 3.8) is 0 Å². The molecule has 1 aliphatic heterocycles. The van der Waals surface area contributed by atoms with Crippen LogP contribution in [-0.2, 0) is 14.3 Å². The smallest absolute Gasteiger partial charge is 0.355 e. The number of carbonyl (C=O) groups is 2. The molecule has 0 spiro atoms. The third-order valence-corrected chi connectivity index (χ3v) is 1.88. The zero-order valence-corrected chi connectivity index (χ0v) is 9.46. The number of hydrazone groups is 1. The summed E-state index contributed by atoms with van der Waals surface area (Å²) in [4.78, 5) is 22.3. The standard InChI is InChI=1S/C10H16N2O3/c1-9(2,3)15-8(14)7-5-10(4,6-13)12-11-7/h6,12H,5H2,1-4H3/t10-/m1/s1. The maximum absolute atomic E-state index is 11.6. The molecule has 0 unspecified atom stereocenters. The van der Waals surface area contributed by atoms with E-state index in [4.69, 9.17) is 4.74 Å². The summed E-state index contributed by atoms with van der Waals surface area (Å²) in [5, 5.41) is 3.80. The second-order valence-corrected chi connectivity index (χ2v) is 4.88. The van der Waals surface area contributed by atoms with Crippen LogP contribution >= 0.6 is 0 Å². The third kappa shape index (κ3) is 3.04. The Morgan fingerprint density at radius 3 is 2.60 bits per heavy atom. The van der Waals surface area contributed by atoms with E-state index in [1.165, 1.54) is 0 Å². The molecule has 0 amide bonds. The Hall–Kier alpha value is -1.39. The van der Waals surface area contributed by atoms with Crippen LogP contribution in [0.2, 0.25) is 0 Å². The SMILES string of the molecule is CC(C)(C)OC(=O)C1=NN[C@@](C)(C=O)C1. The first-order valence-corrected chi connectivity index (χ1v) is 4.79. The molecule has 1 rings (SSSR count). The minimum Gasteiger partial charge on any atom is -0.455 e. The summed E-state index contributed by atoms with van der Waals surface area (Å²) in [6.45, 7) is 7.03. The van der Waals surface area contributed by atoms with Gasteiger partial charge in [-0.3, -0.25) is 5.43 Å². The van der Waals surface area contributed by atoms with Gasteiger partial charge in [-0.25, -0.2) is 4.79 Å². The Morgan fingerprint density at radius 1 is 1.60 bits per heavy atom. The van der Waals surface area contributed by atoms with Crippen LogP contribution in [0.3, 0.4) is 0 Å². The van der Waals surface area contributed by atoms with Crippen molar-refractivity contribution in [2.45, 2.75) is 45.3 Å². The van der Waals surface area contributed by atoms with Crippen molar-refractivity contribution in [3.05, 3.63) is 0 Å². The van der Waals surface area contributed by atoms with E-state index in [0.717, 1.165) is 6.29 Å². The van der Waals surface area contributed by atoms with Gasteiger partial charge in [0.2, 0.25) is 0 Å². The molecular formula is C10H16N2O3. The van der Waals surface area contributed by atoms with Crippen LogP contribution in [-0.4, -0.2) is 29.1 Å². The van der Waals surface area contributed by atoms with Crippen molar-refractivity contribution in [3.8, 4) is 0 Å². The first kappa shape index (κ1) is 11.7. The highest BCUT2D eigenvalue weighted by atomic mass is 16.6. The maximum atomic E-state index is 11.6. The van der Waals surface area contributed by atoms with Gasteiger partial charge in [0.1, 0.15) is 23.1 Å². The van der Waals surface area contributed by atoms with Gasteiger partial charge in [-0.2, -0.15) is 5.10 Å². The molecule has 0 radical (unpaired) electrons. The van der Waals surface area contributed by atoms with Gasteiger partial charge in [0, 0.05) is 6.42 Å². The van der Waals surface area contributed by atoms with E-state index in [2.05, 4.69) is 10.5 Å². The Balaban J connectivity index is 2.62. The lowest BCUT2D eigenvalue weighted by Gasteiger charge is -2.19. The molecule has 15 heavy (non-hydrogen) atoms. The summed E-state index contributed by atoms with van der Waals surface area (Å²) in [5.41, 5.74) is 1.57. The number of ether oxygens (including phenoxy) is 1. The minimum atomic E-state index is -0.772. The van der Waals surface area contributed by atoms with Gasteiger partial charge in [-0.1, -0.05) is 0 Å². The molecule has 0 aromatic carbocycles. The summed E-state index contributed by atoms with van der Waals surface area (Å²) >= 11 is 0. The van der Waals surface area contributed by atoms with Gasteiger partial charge in [-0.15, -0.1) is 0 Å². The topological polar surface area (TPSA) is 67.8 Å². The Bertz CT molecular complexity index is 317. The molecular weight excluding hydrogens is 196 g/mol. The summed E-state index contributed by atoms with van der Waals surface area (Å²) in [7, 11) is 0. The van der Waals surface area contributed by atoms with Crippen LogP contribution in [0.5, 0.6) is 0 Å². The molecule has 84 valence electrons. The fraction of sp³-hybridized carbons (Fsp3) is 0.700. The molecule has 0 aliphatic carbocycles. The molecule has 5 heteroatoms. The first-order chi connectivity index (χ1) is 6.76. The van der Waals surface area contributed by atoms with Gasteiger partial charge >= 0.3 is 5.97 Å². The molecule has 1 N–H and O–H groups in total. The Morgan fingerprint density at radius 2 is 2.20 bits per heavy atom. The monoisotopic (exact) mass is 212 g/mol. The lowest BCUT2D eigenvalue weighted by atomic mass is 9.99. The maximum Gasteiger partial charge on any atom is 0.355 e. The third-order valence-electron chi connectivity index (χ3n) is 1.88. The predicted molar refractivity (Wildman–Crippen MR) is 55.5 cm³/mol. The van der Waals surface area contributed by atoms with E-state index >= 15 is 0 Å². The van der Waals surface area contributed by atoms with E-state index in [9.17, 15) is 9.59 Å². The molecule has 0 saturated heterocycles. The Labute approximate surface area is 88.9 Å². The number of aldehydes is 1. The van der Waals surface area contributed by atoms with Crippen molar-refractivity contribution in [1.82, 2.24) is 5.43 Å². The van der Waals surface area contributed by atoms with Crippen LogP contribution < -0.4 is 5.43 Å². The van der Waals surface area contributed by atoms with Gasteiger partial charge in [-0.05, 0) is 27.7 Å². The molecule has 1 aliphatic rings. The van der Waals surface area contributed by atoms with Gasteiger partial charge < -0.3 is 9.53 Å². The molecule has 0 fully saturated rings. The number of nitrogens with one attached hydrogen (secondary N) is 1. The van der Waals surface area contributed by atoms with Crippen molar-refractivity contribution in [1.29, 1.82) is 0 Å². The highest BCUT2D eigenvalue weighted by molar-refractivity contribution is 6.37. The van der Waals surface area contributed by atoms with Crippen LogP contribution in [0.1, 0.15) is 34.1 Å². The zero-order chi connectivity index (χ0) is 11.7. The van der Waals surface area contributed by atoms with Crippen LogP contribution in [0.4, 0.5) is 0 Å². The summed E-state index contributed by atoms with van der Waals surface area (Å²) in [5.74, 6) is -0.472. The number of nitrogens with zero attached hydrogens (tertiary/aromatic N) is 1. The summed E-state index contributed by atoms with van der Waals surface area (Å²) in [6.07, 6.45) is 1.01. The highest BCUT2D eigenvalue weighted by Crippen LogP contribution is 2.17. The lowest BCUT2D eigenvalue weighted by Crippen LogP contribution is -2.38. The molecule has 1 atom stereocenters. The number of esters is 1. The highest BCUT2D eigenvalue weighted by Gasteiger charge is 2.35. The largest absolute Gasteiger partial charge is 0.455 e. The average molecular weight is 212 g/mol. The summed E-state index contributed by atoms with van der Waals surface area (Å²) in [6, 6.07) is 0. The van der Waals surface area contributed by atoms with Gasteiger partial charge in [0.05, 0.1) is 0 Å². The van der Waals surface area contributed by atoms with Crippen LogP contribution in [0, 0.1) is 0 Å². The zero-order valence-electron chi connectivity index (χ0n) is 9.46. The molecule has 0 aromatic heterocycles. The molecule has 0 saturated carbocycles. The fourth-order valence-electron chi connectivity index (χ4n) is 1.14. The molecule has 5 nitrogen and oxygen atoms in total. The second kappa shape index (κ2) is 3.64. The molecule has 0 bridgehead atoms. The van der Waals surface area contributed by atoms with E-state index in [-0.39, 0.29) is 12.1 Å².